The molecule has 0 spiro atoms. The Kier molecular flexibility index (Phi) is 61.7. The van der Waals surface area contributed by atoms with Gasteiger partial charge in [0.1, 0.15) is 13.2 Å². The fraction of sp³-hybridized carbons (Fsp3) is 0.841. The molecule has 0 saturated carbocycles. The van der Waals surface area contributed by atoms with E-state index < -0.39 is 6.10 Å². The Morgan fingerprint density at radius 1 is 0.280 bits per heavy atom. The number of rotatable bonds is 61. The Hall–Kier alpha value is -2.63. The van der Waals surface area contributed by atoms with Crippen LogP contribution in [0.1, 0.15) is 355 Å². The predicted octanol–water partition coefficient (Wildman–Crippen LogP) is 22.6. The summed E-state index contributed by atoms with van der Waals surface area (Å²) in [5.74, 6) is -0.843. The van der Waals surface area contributed by atoms with Crippen molar-refractivity contribution in [2.24, 2.45) is 0 Å². The van der Waals surface area contributed by atoms with Crippen molar-refractivity contribution in [3.63, 3.8) is 0 Å². The third kappa shape index (κ3) is 62.1. The molecule has 438 valence electrons. The number of hydrogen-bond acceptors (Lipinski definition) is 6. The zero-order valence-electron chi connectivity index (χ0n) is 50.3. The first-order valence-corrected chi connectivity index (χ1v) is 33.1. The predicted molar refractivity (Wildman–Crippen MR) is 325 cm³/mol. The van der Waals surface area contributed by atoms with Crippen LogP contribution in [0.2, 0.25) is 0 Å². The van der Waals surface area contributed by atoms with Gasteiger partial charge in [-0.2, -0.15) is 0 Å². The fourth-order valence-electron chi connectivity index (χ4n) is 9.91. The summed E-state index contributed by atoms with van der Waals surface area (Å²) >= 11 is 0. The first-order valence-electron chi connectivity index (χ1n) is 33.1. The monoisotopic (exact) mass is 1050 g/mol. The van der Waals surface area contributed by atoms with E-state index >= 15 is 0 Å². The lowest BCUT2D eigenvalue weighted by Crippen LogP contribution is -2.30. The lowest BCUT2D eigenvalue weighted by molar-refractivity contribution is -0.167. The quantitative estimate of drug-likeness (QED) is 0.0261. The average Bonchev–Trinajstić information content (AvgIpc) is 3.41. The van der Waals surface area contributed by atoms with Crippen LogP contribution in [-0.2, 0) is 28.6 Å². The number of esters is 3. The summed E-state index contributed by atoms with van der Waals surface area (Å²) < 4.78 is 16.9. The highest BCUT2D eigenvalue weighted by Gasteiger charge is 2.19. The Morgan fingerprint density at radius 2 is 0.520 bits per heavy atom. The number of allylic oxidation sites excluding steroid dienone is 8. The van der Waals surface area contributed by atoms with Gasteiger partial charge in [0, 0.05) is 19.3 Å². The maximum absolute atomic E-state index is 12.9. The zero-order chi connectivity index (χ0) is 54.3. The summed E-state index contributed by atoms with van der Waals surface area (Å²) in [7, 11) is 0. The van der Waals surface area contributed by atoms with Gasteiger partial charge in [-0.15, -0.1) is 0 Å². The van der Waals surface area contributed by atoms with Gasteiger partial charge in [-0.05, 0) is 57.8 Å². The van der Waals surface area contributed by atoms with Crippen LogP contribution in [0.4, 0.5) is 0 Å². The van der Waals surface area contributed by atoms with Crippen LogP contribution >= 0.6 is 0 Å². The van der Waals surface area contributed by atoms with Crippen molar-refractivity contribution < 1.29 is 28.6 Å². The van der Waals surface area contributed by atoms with E-state index in [0.29, 0.717) is 19.3 Å². The Labute approximate surface area is 467 Å². The minimum atomic E-state index is -0.768. The van der Waals surface area contributed by atoms with Gasteiger partial charge in [0.05, 0.1) is 0 Å². The maximum Gasteiger partial charge on any atom is 0.306 e. The summed E-state index contributed by atoms with van der Waals surface area (Å²) in [6, 6.07) is 0. The number of hydrogen-bond donors (Lipinski definition) is 0. The lowest BCUT2D eigenvalue weighted by Gasteiger charge is -2.18. The number of ether oxygens (including phenoxy) is 3. The molecule has 0 aromatic rings. The van der Waals surface area contributed by atoms with Crippen molar-refractivity contribution in [2.45, 2.75) is 361 Å². The van der Waals surface area contributed by atoms with E-state index in [1.165, 1.54) is 231 Å². The second kappa shape index (κ2) is 63.9. The van der Waals surface area contributed by atoms with Crippen molar-refractivity contribution in [3.05, 3.63) is 48.6 Å². The molecule has 75 heavy (non-hydrogen) atoms. The molecule has 0 aliphatic rings. The van der Waals surface area contributed by atoms with Crippen molar-refractivity contribution >= 4 is 17.9 Å². The first kappa shape index (κ1) is 72.4. The van der Waals surface area contributed by atoms with Crippen LogP contribution in [0, 0.1) is 0 Å². The molecule has 6 nitrogen and oxygen atoms in total. The van der Waals surface area contributed by atoms with Crippen LogP contribution in [0.15, 0.2) is 48.6 Å². The highest BCUT2D eigenvalue weighted by molar-refractivity contribution is 5.71. The molecule has 0 amide bonds. The van der Waals surface area contributed by atoms with Crippen LogP contribution in [-0.4, -0.2) is 37.2 Å². The van der Waals surface area contributed by atoms with Gasteiger partial charge in [-0.3, -0.25) is 14.4 Å². The molecule has 0 rings (SSSR count). The average molecular weight is 1050 g/mol. The molecule has 0 saturated heterocycles. The minimum Gasteiger partial charge on any atom is -0.462 e. The molecule has 0 aliphatic carbocycles. The zero-order valence-corrected chi connectivity index (χ0v) is 50.3. The van der Waals surface area contributed by atoms with E-state index in [1.807, 2.05) is 0 Å². The Morgan fingerprint density at radius 3 is 0.813 bits per heavy atom. The molecule has 0 N–H and O–H groups in total. The van der Waals surface area contributed by atoms with Crippen LogP contribution in [0.25, 0.3) is 0 Å². The molecule has 0 aromatic heterocycles. The second-order valence-electron chi connectivity index (χ2n) is 22.4. The summed E-state index contributed by atoms with van der Waals surface area (Å²) in [6.07, 6.45) is 79.9. The van der Waals surface area contributed by atoms with E-state index in [4.69, 9.17) is 14.2 Å². The molecule has 1 atom stereocenters. The topological polar surface area (TPSA) is 78.9 Å². The highest BCUT2D eigenvalue weighted by atomic mass is 16.6. The van der Waals surface area contributed by atoms with Gasteiger partial charge in [-0.25, -0.2) is 0 Å². The second-order valence-corrected chi connectivity index (χ2v) is 22.4. The lowest BCUT2D eigenvalue weighted by atomic mass is 10.0. The molecule has 0 heterocycles. The summed E-state index contributed by atoms with van der Waals surface area (Å²) in [5, 5.41) is 0. The maximum atomic E-state index is 12.9. The largest absolute Gasteiger partial charge is 0.462 e. The first-order chi connectivity index (χ1) is 37.0. The van der Waals surface area contributed by atoms with Crippen LogP contribution in [0.5, 0.6) is 0 Å². The van der Waals surface area contributed by atoms with Crippen molar-refractivity contribution in [1.82, 2.24) is 0 Å². The fourth-order valence-corrected chi connectivity index (χ4v) is 9.91. The molecule has 0 bridgehead atoms. The summed E-state index contributed by atoms with van der Waals surface area (Å²) in [6.45, 7) is 6.58. The van der Waals surface area contributed by atoms with Gasteiger partial charge < -0.3 is 14.2 Å². The highest BCUT2D eigenvalue weighted by Crippen LogP contribution is 2.18. The van der Waals surface area contributed by atoms with Gasteiger partial charge in [0.25, 0.3) is 0 Å². The molecule has 0 aliphatic heterocycles. The van der Waals surface area contributed by atoms with Crippen molar-refractivity contribution in [3.8, 4) is 0 Å². The molecule has 0 aromatic carbocycles. The van der Waals surface area contributed by atoms with Crippen molar-refractivity contribution in [1.29, 1.82) is 0 Å². The number of carbonyl (C=O) groups excluding carboxylic acids is 3. The SMILES string of the molecule is CC/C=C\C/C=C\C/C=C\C/C=C\CCCCCCCCCCCCCCCCC(=O)OCC(COC(=O)CCCCCCCCCCCCC)OC(=O)CCCCCCCCCCCCCCCCCCCCC. The van der Waals surface area contributed by atoms with Crippen molar-refractivity contribution in [2.75, 3.05) is 13.2 Å². The minimum absolute atomic E-state index is 0.0666. The molecule has 0 fully saturated rings. The van der Waals surface area contributed by atoms with Crippen LogP contribution in [0.3, 0.4) is 0 Å². The Bertz CT molecular complexity index is 1300. The van der Waals surface area contributed by atoms with Gasteiger partial charge in [0.2, 0.25) is 0 Å². The summed E-state index contributed by atoms with van der Waals surface area (Å²) in [5.41, 5.74) is 0. The third-order valence-electron chi connectivity index (χ3n) is 14.8. The molecule has 0 radical (unpaired) electrons. The van der Waals surface area contributed by atoms with Gasteiger partial charge in [0.15, 0.2) is 6.10 Å². The molecule has 6 heteroatoms. The van der Waals surface area contributed by atoms with E-state index in [-0.39, 0.29) is 31.1 Å². The van der Waals surface area contributed by atoms with E-state index in [2.05, 4.69) is 69.4 Å². The van der Waals surface area contributed by atoms with E-state index in [9.17, 15) is 14.4 Å². The Balaban J connectivity index is 4.19. The molecular formula is C69H126O6. The van der Waals surface area contributed by atoms with E-state index in [0.717, 1.165) is 83.5 Å². The normalized spacial score (nSPS) is 12.3. The molecular weight excluding hydrogens is 925 g/mol. The number of unbranched alkanes of at least 4 members (excludes halogenated alkanes) is 42. The summed E-state index contributed by atoms with van der Waals surface area (Å²) in [4.78, 5) is 38.3. The standard InChI is InChI=1S/C69H126O6/c1-4-7-10-13-16-19-22-24-26-28-30-31-32-33-34-35-36-37-39-40-42-44-47-50-53-56-59-62-68(71)74-65-66(64-73-67(70)61-58-55-52-49-46-21-18-15-12-9-6-3)75-69(72)63-60-57-54-51-48-45-43-41-38-29-27-25-23-20-17-14-11-8-5-2/h7,10,16,19,24,26,30-31,66H,4-6,8-9,11-15,17-18,20-23,25,27-29,32-65H2,1-3H3/b10-7-,19-16-,26-24-,31-30-. The van der Waals surface area contributed by atoms with Crippen LogP contribution < -0.4 is 0 Å². The third-order valence-corrected chi connectivity index (χ3v) is 14.8. The van der Waals surface area contributed by atoms with E-state index in [1.54, 1.807) is 0 Å². The number of carbonyl (C=O) groups is 3. The van der Waals surface area contributed by atoms with Gasteiger partial charge >= 0.3 is 17.9 Å². The smallest absolute Gasteiger partial charge is 0.306 e. The molecule has 1 unspecified atom stereocenters. The van der Waals surface area contributed by atoms with Gasteiger partial charge in [-0.1, -0.05) is 326 Å².